The summed E-state index contributed by atoms with van der Waals surface area (Å²) in [6.45, 7) is 12.6. The summed E-state index contributed by atoms with van der Waals surface area (Å²) in [6, 6.07) is 9.34. The van der Waals surface area contributed by atoms with Crippen molar-refractivity contribution in [2.75, 3.05) is 28.4 Å². The summed E-state index contributed by atoms with van der Waals surface area (Å²) in [5.41, 5.74) is -5.84. The lowest BCUT2D eigenvalue weighted by atomic mass is 9.42. The average molecular weight is 1110 g/mol. The van der Waals surface area contributed by atoms with Crippen LogP contribution in [0.2, 0.25) is 0 Å². The van der Waals surface area contributed by atoms with Crippen LogP contribution in [-0.2, 0) is 66.4 Å². The van der Waals surface area contributed by atoms with E-state index in [1.54, 1.807) is 41.3 Å². The van der Waals surface area contributed by atoms with Crippen LogP contribution in [0.4, 0.5) is 0 Å². The van der Waals surface area contributed by atoms with Gasteiger partial charge in [0.15, 0.2) is 25.2 Å². The predicted octanol–water partition coefficient (Wildman–Crippen LogP) is 4.00. The molecular weight excluding hydrogens is 1020 g/mol. The number of rotatable bonds is 16. The Morgan fingerprint density at radius 3 is 1.77 bits per heavy atom. The number of hydrogen-bond acceptors (Lipinski definition) is 20. The fourth-order valence-electron chi connectivity index (χ4n) is 15.2. The fraction of sp³-hybridized carbons (Fsp3) is 0.810. The van der Waals surface area contributed by atoms with Gasteiger partial charge in [-0.3, -0.25) is 0 Å². The van der Waals surface area contributed by atoms with Crippen LogP contribution < -0.4 is 0 Å². The highest BCUT2D eigenvalue weighted by Gasteiger charge is 2.81. The molecule has 20 nitrogen and oxygen atoms in total. The van der Waals surface area contributed by atoms with Crippen molar-refractivity contribution >= 4 is 12.0 Å². The molecule has 1 aromatic rings. The summed E-state index contributed by atoms with van der Waals surface area (Å²) < 4.78 is 81.1. The van der Waals surface area contributed by atoms with Crippen molar-refractivity contribution in [2.24, 2.45) is 16.7 Å². The van der Waals surface area contributed by atoms with Gasteiger partial charge in [0.2, 0.25) is 0 Å². The topological polar surface area (TPSA) is 258 Å². The highest BCUT2D eigenvalue weighted by molar-refractivity contribution is 5.87. The number of carbonyl (C=O) groups is 1. The van der Waals surface area contributed by atoms with Crippen molar-refractivity contribution in [3.05, 3.63) is 53.6 Å². The van der Waals surface area contributed by atoms with Crippen molar-refractivity contribution in [2.45, 2.75) is 252 Å². The monoisotopic (exact) mass is 1100 g/mol. The lowest BCUT2D eigenvalue weighted by Crippen LogP contribution is -2.78. The zero-order valence-electron chi connectivity index (χ0n) is 47.2. The van der Waals surface area contributed by atoms with E-state index < -0.39 is 156 Å². The number of aliphatic hydroxyl groups is 6. The third-order valence-electron chi connectivity index (χ3n) is 19.8. The first-order valence-corrected chi connectivity index (χ1v) is 28.2. The molecule has 0 amide bonds. The molecule has 1 aromatic carbocycles. The molecular formula is C58H88O20. The minimum Gasteiger partial charge on any atom is -0.458 e. The van der Waals surface area contributed by atoms with Gasteiger partial charge < -0.3 is 92.2 Å². The van der Waals surface area contributed by atoms with Gasteiger partial charge in [-0.05, 0) is 96.6 Å². The minimum atomic E-state index is -1.92. The van der Waals surface area contributed by atoms with E-state index >= 15 is 0 Å². The molecule has 78 heavy (non-hydrogen) atoms. The summed E-state index contributed by atoms with van der Waals surface area (Å²) in [4.78, 5) is 13.6. The lowest BCUT2D eigenvalue weighted by molar-refractivity contribution is -0.356. The number of methoxy groups -OCH3 is 4. The SMILES string of the molecule is CO[C@H]1[C@@H](O)[C@@H](C)O[C@@H](O[C@@H]2[C@@H](C)O[C@@H](O[C@H]3[C@@H](OC)C[C@H](O[C@H]4[C@@H](OC)C[C@H](O[C@H]5CC[C@@]6(C)C(=CC[C@]7(O)[C@@H]6C[C@@H](OC(=O)/C=C/c6ccccc6)[C@@]6(C)[C@]7(O)CC[C@]6(O)[C@H](C)O)C5)O[C@@H]4C)O[C@@H]3C)C[C@H]2OC)[C@@H]1O. The van der Waals surface area contributed by atoms with E-state index in [4.69, 9.17) is 61.6 Å². The number of esters is 1. The maximum absolute atomic E-state index is 13.6. The molecule has 4 aliphatic carbocycles. The van der Waals surface area contributed by atoms with Gasteiger partial charge in [-0.25, -0.2) is 4.79 Å². The molecule has 0 spiro atoms. The van der Waals surface area contributed by atoms with Crippen LogP contribution >= 0.6 is 0 Å². The smallest absolute Gasteiger partial charge is 0.331 e. The molecule has 7 fully saturated rings. The molecule has 440 valence electrons. The van der Waals surface area contributed by atoms with Crippen LogP contribution in [-0.4, -0.2) is 205 Å². The highest BCUT2D eigenvalue weighted by atomic mass is 16.8. The van der Waals surface area contributed by atoms with Crippen molar-refractivity contribution in [3.63, 3.8) is 0 Å². The Bertz CT molecular complexity index is 2250. The van der Waals surface area contributed by atoms with Crippen molar-refractivity contribution in [1.29, 1.82) is 0 Å². The Morgan fingerprint density at radius 1 is 0.679 bits per heavy atom. The number of hydrogen-bond donors (Lipinski definition) is 6. The summed E-state index contributed by atoms with van der Waals surface area (Å²) in [6.07, 6.45) is -5.94. The largest absolute Gasteiger partial charge is 0.458 e. The molecule has 4 aliphatic heterocycles. The first kappa shape index (κ1) is 60.1. The molecule has 9 rings (SSSR count). The van der Waals surface area contributed by atoms with Gasteiger partial charge >= 0.3 is 5.97 Å². The highest BCUT2D eigenvalue weighted by Crippen LogP contribution is 2.71. The number of benzene rings is 1. The Morgan fingerprint density at radius 2 is 1.23 bits per heavy atom. The van der Waals surface area contributed by atoms with E-state index in [0.29, 0.717) is 38.5 Å². The Kier molecular flexibility index (Phi) is 18.2. The first-order valence-electron chi connectivity index (χ1n) is 28.2. The zero-order valence-corrected chi connectivity index (χ0v) is 47.2. The van der Waals surface area contributed by atoms with Gasteiger partial charge in [0.05, 0.1) is 60.4 Å². The third kappa shape index (κ3) is 10.6. The van der Waals surface area contributed by atoms with E-state index in [0.717, 1.165) is 11.1 Å². The van der Waals surface area contributed by atoms with Gasteiger partial charge in [-0.1, -0.05) is 55.8 Å². The molecule has 6 N–H and O–H groups in total. The van der Waals surface area contributed by atoms with Crippen molar-refractivity contribution in [1.82, 2.24) is 0 Å². The molecule has 0 aromatic heterocycles. The van der Waals surface area contributed by atoms with Crippen LogP contribution in [0.15, 0.2) is 48.1 Å². The van der Waals surface area contributed by atoms with Crippen LogP contribution in [0.3, 0.4) is 0 Å². The standard InChI is InChI=1S/C58H88O20/c1-30-47(61)52(69-11)48(62)53(73-30)78-51-33(4)72-46(28-40(51)68-10)77-50-32(3)71-45(27-39(50)67-9)76-49-31(2)70-44(26-38(49)66-8)74-37-20-21-54(6)36(25-37)19-22-57(64)41(54)29-42(75-43(60)18-17-35-15-13-12-14-16-35)55(7)56(63,34(5)59)23-24-58(55,57)65/h12-19,30-34,37-42,44-53,59,61-65H,20-29H2,1-11H3/b18-17+/t30-,31-,32-,33-,34+,37+,38+,39+,40-,41-,42-,44+,45+,46+,47+,48-,49-,50-,51-,52+,53+,54+,55-,56+,57+,58-/m1/s1. The molecule has 0 bridgehead atoms. The van der Waals surface area contributed by atoms with Crippen LogP contribution in [0.25, 0.3) is 6.08 Å². The van der Waals surface area contributed by atoms with Crippen LogP contribution in [0, 0.1) is 16.7 Å². The first-order chi connectivity index (χ1) is 37.0. The molecule has 0 radical (unpaired) electrons. The fourth-order valence-corrected chi connectivity index (χ4v) is 15.2. The maximum atomic E-state index is 13.6. The van der Waals surface area contributed by atoms with E-state index in [1.807, 2.05) is 57.2 Å². The summed E-state index contributed by atoms with van der Waals surface area (Å²) in [5, 5.41) is 70.8. The quantitative estimate of drug-likeness (QED) is 0.0777. The number of aliphatic hydroxyl groups excluding tert-OH is 3. The lowest BCUT2D eigenvalue weighted by Gasteiger charge is -2.67. The van der Waals surface area contributed by atoms with Gasteiger partial charge in [-0.15, -0.1) is 0 Å². The van der Waals surface area contributed by atoms with Gasteiger partial charge in [0.1, 0.15) is 59.5 Å². The van der Waals surface area contributed by atoms with E-state index in [9.17, 15) is 35.4 Å². The molecule has 26 atom stereocenters. The Hall–Kier alpha value is -2.55. The molecule has 0 unspecified atom stereocenters. The third-order valence-corrected chi connectivity index (χ3v) is 19.8. The normalized spacial score (nSPS) is 49.1. The molecule has 4 heterocycles. The molecule has 3 saturated carbocycles. The molecule has 20 heteroatoms. The second-order valence-electron chi connectivity index (χ2n) is 23.9. The van der Waals surface area contributed by atoms with Gasteiger partial charge in [0.25, 0.3) is 0 Å². The average Bonchev–Trinajstić information content (AvgIpc) is 3.72. The van der Waals surface area contributed by atoms with Crippen molar-refractivity contribution in [3.8, 4) is 0 Å². The number of fused-ring (bicyclic) bond motifs is 5. The second-order valence-corrected chi connectivity index (χ2v) is 23.9. The van der Waals surface area contributed by atoms with Gasteiger partial charge in [0, 0.05) is 59.7 Å². The zero-order chi connectivity index (χ0) is 56.3. The summed E-state index contributed by atoms with van der Waals surface area (Å²) in [7, 11) is 6.25. The van der Waals surface area contributed by atoms with E-state index in [2.05, 4.69) is 6.92 Å². The number of ether oxygens (including phenoxy) is 13. The second kappa shape index (κ2) is 23.6. The predicted molar refractivity (Wildman–Crippen MR) is 278 cm³/mol. The summed E-state index contributed by atoms with van der Waals surface area (Å²) >= 11 is 0. The van der Waals surface area contributed by atoms with Crippen LogP contribution in [0.1, 0.15) is 118 Å². The number of carbonyl (C=O) groups excluding carboxylic acids is 1. The van der Waals surface area contributed by atoms with Crippen LogP contribution in [0.5, 0.6) is 0 Å². The van der Waals surface area contributed by atoms with Crippen molar-refractivity contribution < 1.29 is 97.0 Å². The molecule has 8 aliphatic rings. The molecule has 4 saturated heterocycles. The Labute approximate surface area is 458 Å². The minimum absolute atomic E-state index is 0.00562. The van der Waals surface area contributed by atoms with E-state index in [1.165, 1.54) is 20.1 Å². The van der Waals surface area contributed by atoms with E-state index in [-0.39, 0.29) is 31.8 Å². The summed E-state index contributed by atoms with van der Waals surface area (Å²) in [5.74, 6) is -1.21. The van der Waals surface area contributed by atoms with Gasteiger partial charge in [-0.2, -0.15) is 0 Å². The Balaban J connectivity index is 0.809. The maximum Gasteiger partial charge on any atom is 0.331 e.